The molecule has 1 atom stereocenters. The lowest BCUT2D eigenvalue weighted by molar-refractivity contribution is 0.280. The lowest BCUT2D eigenvalue weighted by Crippen LogP contribution is -1.95. The fourth-order valence-electron chi connectivity index (χ4n) is 1.17. The number of aryl methyl sites for hydroxylation is 1. The number of aliphatic hydroxyl groups is 1. The lowest BCUT2D eigenvalue weighted by Gasteiger charge is -2.04. The zero-order valence-electron chi connectivity index (χ0n) is 9.98. The van der Waals surface area contributed by atoms with Gasteiger partial charge >= 0.3 is 0 Å². The predicted octanol–water partition coefficient (Wildman–Crippen LogP) is 2.42. The second-order valence-electron chi connectivity index (χ2n) is 3.81. The van der Waals surface area contributed by atoms with E-state index in [1.807, 2.05) is 11.8 Å². The normalized spacial score (nSPS) is 12.9. The third-order valence-electron chi connectivity index (χ3n) is 2.38. The number of unbranched alkanes of at least 4 members (excludes halogenated alkanes) is 1. The van der Waals surface area contributed by atoms with Crippen LogP contribution in [0.25, 0.3) is 0 Å². The average molecular weight is 244 g/mol. The van der Waals surface area contributed by atoms with Crippen LogP contribution in [0.15, 0.2) is 4.52 Å². The minimum Gasteiger partial charge on any atom is -0.396 e. The highest BCUT2D eigenvalue weighted by molar-refractivity contribution is 7.99. The molecule has 4 nitrogen and oxygen atoms in total. The Bertz CT molecular complexity index is 291. The molecule has 0 aliphatic heterocycles. The van der Waals surface area contributed by atoms with Crippen LogP contribution in [0.3, 0.4) is 0 Å². The van der Waals surface area contributed by atoms with Gasteiger partial charge in [0.05, 0.1) is 5.75 Å². The average Bonchev–Trinajstić information content (AvgIpc) is 2.74. The van der Waals surface area contributed by atoms with Gasteiger partial charge in [0.25, 0.3) is 0 Å². The number of rotatable bonds is 8. The van der Waals surface area contributed by atoms with Crippen molar-refractivity contribution in [1.82, 2.24) is 10.1 Å². The number of thioether (sulfide) groups is 1. The van der Waals surface area contributed by atoms with Gasteiger partial charge in [-0.05, 0) is 19.3 Å². The van der Waals surface area contributed by atoms with Crippen LogP contribution >= 0.6 is 11.8 Å². The van der Waals surface area contributed by atoms with Crippen LogP contribution in [0, 0.1) is 0 Å². The Kier molecular flexibility index (Phi) is 6.49. The Morgan fingerprint density at radius 1 is 1.44 bits per heavy atom. The summed E-state index contributed by atoms with van der Waals surface area (Å²) in [5.41, 5.74) is 0. The topological polar surface area (TPSA) is 59.2 Å². The van der Waals surface area contributed by atoms with Crippen LogP contribution in [-0.4, -0.2) is 27.1 Å². The molecular formula is C11H20N2O2S. The zero-order valence-corrected chi connectivity index (χ0v) is 10.8. The Labute approximate surface area is 101 Å². The van der Waals surface area contributed by atoms with Gasteiger partial charge in [-0.2, -0.15) is 16.7 Å². The highest BCUT2D eigenvalue weighted by Crippen LogP contribution is 2.18. The first kappa shape index (κ1) is 13.5. The molecular weight excluding hydrogens is 224 g/mol. The van der Waals surface area contributed by atoms with E-state index in [0.29, 0.717) is 11.1 Å². The van der Waals surface area contributed by atoms with Crippen molar-refractivity contribution >= 4 is 11.8 Å². The van der Waals surface area contributed by atoms with E-state index in [1.54, 1.807) is 0 Å². The second kappa shape index (κ2) is 7.68. The Balaban J connectivity index is 2.28. The highest BCUT2D eigenvalue weighted by atomic mass is 32.2. The van der Waals surface area contributed by atoms with Gasteiger partial charge in [-0.3, -0.25) is 0 Å². The van der Waals surface area contributed by atoms with E-state index in [4.69, 9.17) is 9.63 Å². The standard InChI is InChI=1S/C11H20N2O2S/c1-3-9(2)16-8-10-12-11(15-13-10)6-4-5-7-14/h9,14H,3-8H2,1-2H3. The molecule has 1 aromatic rings. The van der Waals surface area contributed by atoms with Gasteiger partial charge in [-0.1, -0.05) is 19.0 Å². The van der Waals surface area contributed by atoms with E-state index >= 15 is 0 Å². The molecule has 5 heteroatoms. The van der Waals surface area contributed by atoms with E-state index in [1.165, 1.54) is 0 Å². The fraction of sp³-hybridized carbons (Fsp3) is 0.818. The largest absolute Gasteiger partial charge is 0.396 e. The molecule has 0 amide bonds. The van der Waals surface area contributed by atoms with Crippen LogP contribution in [0.4, 0.5) is 0 Å². The van der Waals surface area contributed by atoms with Crippen molar-refractivity contribution in [2.75, 3.05) is 6.61 Å². The second-order valence-corrected chi connectivity index (χ2v) is 5.24. The third kappa shape index (κ3) is 4.99. The molecule has 0 radical (unpaired) electrons. The van der Waals surface area contributed by atoms with Crippen molar-refractivity contribution in [3.63, 3.8) is 0 Å². The summed E-state index contributed by atoms with van der Waals surface area (Å²) in [4.78, 5) is 4.31. The maximum Gasteiger partial charge on any atom is 0.226 e. The summed E-state index contributed by atoms with van der Waals surface area (Å²) in [7, 11) is 0. The quantitative estimate of drug-likeness (QED) is 0.712. The Morgan fingerprint density at radius 3 is 2.94 bits per heavy atom. The number of nitrogens with zero attached hydrogens (tertiary/aromatic N) is 2. The summed E-state index contributed by atoms with van der Waals surface area (Å²) in [6, 6.07) is 0. The summed E-state index contributed by atoms with van der Waals surface area (Å²) in [6.45, 7) is 4.60. The van der Waals surface area contributed by atoms with Crippen LogP contribution in [0.2, 0.25) is 0 Å². The first-order valence-electron chi connectivity index (χ1n) is 5.80. The molecule has 1 N–H and O–H groups in total. The molecule has 1 rings (SSSR count). The molecule has 1 aromatic heterocycles. The molecule has 0 saturated heterocycles. The molecule has 0 aromatic carbocycles. The number of hydrogen-bond donors (Lipinski definition) is 1. The summed E-state index contributed by atoms with van der Waals surface area (Å²) in [6.07, 6.45) is 3.61. The zero-order chi connectivity index (χ0) is 11.8. The van der Waals surface area contributed by atoms with Gasteiger partial charge in [-0.25, -0.2) is 0 Å². The van der Waals surface area contributed by atoms with Gasteiger partial charge in [0.2, 0.25) is 5.89 Å². The first-order valence-corrected chi connectivity index (χ1v) is 6.85. The third-order valence-corrected chi connectivity index (χ3v) is 3.71. The van der Waals surface area contributed by atoms with Crippen molar-refractivity contribution in [3.05, 3.63) is 11.7 Å². The molecule has 0 fully saturated rings. The Hall–Kier alpha value is -0.550. The van der Waals surface area contributed by atoms with Crippen molar-refractivity contribution in [2.24, 2.45) is 0 Å². The van der Waals surface area contributed by atoms with E-state index in [0.717, 1.165) is 37.3 Å². The Morgan fingerprint density at radius 2 is 2.25 bits per heavy atom. The van der Waals surface area contributed by atoms with Gasteiger partial charge in [0, 0.05) is 18.3 Å². The van der Waals surface area contributed by atoms with Crippen molar-refractivity contribution in [1.29, 1.82) is 0 Å². The summed E-state index contributed by atoms with van der Waals surface area (Å²) < 4.78 is 5.12. The summed E-state index contributed by atoms with van der Waals surface area (Å²) >= 11 is 1.85. The van der Waals surface area contributed by atoms with Crippen LogP contribution in [-0.2, 0) is 12.2 Å². The van der Waals surface area contributed by atoms with E-state index in [2.05, 4.69) is 24.0 Å². The lowest BCUT2D eigenvalue weighted by atomic mass is 10.2. The molecule has 0 bridgehead atoms. The molecule has 1 unspecified atom stereocenters. The fourth-order valence-corrected chi connectivity index (χ4v) is 1.96. The number of aliphatic hydroxyl groups excluding tert-OH is 1. The monoisotopic (exact) mass is 244 g/mol. The molecule has 1 heterocycles. The first-order chi connectivity index (χ1) is 7.76. The van der Waals surface area contributed by atoms with Crippen molar-refractivity contribution in [3.8, 4) is 0 Å². The van der Waals surface area contributed by atoms with Crippen LogP contribution in [0.1, 0.15) is 44.8 Å². The van der Waals surface area contributed by atoms with Crippen LogP contribution < -0.4 is 0 Å². The van der Waals surface area contributed by atoms with Gasteiger partial charge < -0.3 is 9.63 Å². The molecule has 16 heavy (non-hydrogen) atoms. The number of hydrogen-bond acceptors (Lipinski definition) is 5. The molecule has 0 spiro atoms. The molecule has 92 valence electrons. The summed E-state index contributed by atoms with van der Waals surface area (Å²) in [5.74, 6) is 2.29. The maximum atomic E-state index is 8.65. The molecule has 0 aliphatic carbocycles. The van der Waals surface area contributed by atoms with E-state index in [9.17, 15) is 0 Å². The van der Waals surface area contributed by atoms with E-state index in [-0.39, 0.29) is 6.61 Å². The van der Waals surface area contributed by atoms with Crippen LogP contribution in [0.5, 0.6) is 0 Å². The SMILES string of the molecule is CCC(C)SCc1noc(CCCCO)n1. The van der Waals surface area contributed by atoms with Gasteiger partial charge in [0.15, 0.2) is 5.82 Å². The van der Waals surface area contributed by atoms with Crippen molar-refractivity contribution < 1.29 is 9.63 Å². The minimum atomic E-state index is 0.227. The van der Waals surface area contributed by atoms with Gasteiger partial charge in [0.1, 0.15) is 0 Å². The minimum absolute atomic E-state index is 0.227. The smallest absolute Gasteiger partial charge is 0.226 e. The number of aromatic nitrogens is 2. The molecule has 0 aliphatic rings. The van der Waals surface area contributed by atoms with Crippen molar-refractivity contribution in [2.45, 2.75) is 50.5 Å². The van der Waals surface area contributed by atoms with E-state index < -0.39 is 0 Å². The van der Waals surface area contributed by atoms with Gasteiger partial charge in [-0.15, -0.1) is 0 Å². The maximum absolute atomic E-state index is 8.65. The summed E-state index contributed by atoms with van der Waals surface area (Å²) in [5, 5.41) is 13.2. The molecule has 0 saturated carbocycles. The highest BCUT2D eigenvalue weighted by Gasteiger charge is 2.07. The predicted molar refractivity (Wildman–Crippen MR) is 65.4 cm³/mol.